The molecule has 104 valence electrons. The van der Waals surface area contributed by atoms with E-state index >= 15 is 0 Å². The molecular weight excluding hydrogens is 246 g/mol. The Balaban J connectivity index is 1.67. The Morgan fingerprint density at radius 2 is 2.32 bits per heavy atom. The Kier molecular flexibility index (Phi) is 4.54. The second-order valence-electron chi connectivity index (χ2n) is 4.65. The molecule has 0 aliphatic heterocycles. The Labute approximate surface area is 111 Å². The van der Waals surface area contributed by atoms with Crippen LogP contribution >= 0.6 is 0 Å². The molecule has 2 rings (SSSR count). The largest absolute Gasteiger partial charge is 0.466 e. The van der Waals surface area contributed by atoms with Crippen LogP contribution in [-0.4, -0.2) is 35.2 Å². The second-order valence-corrected chi connectivity index (χ2v) is 4.65. The molecule has 6 nitrogen and oxygen atoms in total. The highest BCUT2D eigenvalue weighted by Gasteiger charge is 2.26. The summed E-state index contributed by atoms with van der Waals surface area (Å²) in [7, 11) is 0. The van der Waals surface area contributed by atoms with Crippen molar-refractivity contribution in [2.24, 2.45) is 0 Å². The van der Waals surface area contributed by atoms with Crippen LogP contribution in [0.4, 0.5) is 0 Å². The normalized spacial score (nSPS) is 14.2. The Hall–Kier alpha value is -1.85. The molecule has 1 fully saturated rings. The number of nitrogens with one attached hydrogen (secondary N) is 2. The minimum atomic E-state index is -0.229. The van der Waals surface area contributed by atoms with E-state index in [9.17, 15) is 9.59 Å². The average Bonchev–Trinajstić information content (AvgIpc) is 3.12. The maximum Gasteiger partial charge on any atom is 0.305 e. The number of aromatic nitrogens is 2. The number of ether oxygens (including phenoxy) is 1. The molecule has 0 saturated heterocycles. The Morgan fingerprint density at radius 3 is 3.00 bits per heavy atom. The van der Waals surface area contributed by atoms with E-state index in [1.165, 1.54) is 12.8 Å². The van der Waals surface area contributed by atoms with E-state index < -0.39 is 0 Å². The van der Waals surface area contributed by atoms with E-state index in [1.807, 2.05) is 0 Å². The van der Waals surface area contributed by atoms with E-state index in [0.717, 1.165) is 5.69 Å². The minimum Gasteiger partial charge on any atom is -0.466 e. The highest BCUT2D eigenvalue weighted by molar-refractivity contribution is 5.92. The average molecular weight is 265 g/mol. The molecule has 19 heavy (non-hydrogen) atoms. The summed E-state index contributed by atoms with van der Waals surface area (Å²) in [5.74, 6) is 0.123. The fourth-order valence-electron chi connectivity index (χ4n) is 1.81. The molecule has 1 aromatic heterocycles. The van der Waals surface area contributed by atoms with Crippen molar-refractivity contribution in [3.05, 3.63) is 17.5 Å². The summed E-state index contributed by atoms with van der Waals surface area (Å²) in [4.78, 5) is 22.9. The lowest BCUT2D eigenvalue weighted by atomic mass is 10.2. The van der Waals surface area contributed by atoms with E-state index in [2.05, 4.69) is 15.5 Å². The molecule has 1 amide bonds. The zero-order valence-electron chi connectivity index (χ0n) is 11.1. The summed E-state index contributed by atoms with van der Waals surface area (Å²) >= 11 is 0. The van der Waals surface area contributed by atoms with Gasteiger partial charge in [-0.15, -0.1) is 0 Å². The highest BCUT2D eigenvalue weighted by atomic mass is 16.5. The van der Waals surface area contributed by atoms with Crippen LogP contribution in [0.2, 0.25) is 0 Å². The van der Waals surface area contributed by atoms with Gasteiger partial charge < -0.3 is 10.1 Å². The van der Waals surface area contributed by atoms with Crippen molar-refractivity contribution >= 4 is 11.9 Å². The molecule has 0 unspecified atom stereocenters. The Morgan fingerprint density at radius 1 is 1.53 bits per heavy atom. The molecule has 1 aliphatic rings. The zero-order chi connectivity index (χ0) is 13.7. The minimum absolute atomic E-state index is 0.202. The van der Waals surface area contributed by atoms with Crippen molar-refractivity contribution in [3.63, 3.8) is 0 Å². The van der Waals surface area contributed by atoms with Gasteiger partial charge in [-0.25, -0.2) is 0 Å². The van der Waals surface area contributed by atoms with Gasteiger partial charge in [0.15, 0.2) is 0 Å². The van der Waals surface area contributed by atoms with Gasteiger partial charge in [0.25, 0.3) is 5.91 Å². The van der Waals surface area contributed by atoms with Gasteiger partial charge in [0.1, 0.15) is 5.69 Å². The van der Waals surface area contributed by atoms with Crippen LogP contribution in [0.1, 0.15) is 54.7 Å². The number of H-pyrrole nitrogens is 1. The number of rotatable bonds is 7. The summed E-state index contributed by atoms with van der Waals surface area (Å²) in [6.45, 7) is 2.61. The van der Waals surface area contributed by atoms with Crippen molar-refractivity contribution in [1.29, 1.82) is 0 Å². The van der Waals surface area contributed by atoms with Gasteiger partial charge >= 0.3 is 5.97 Å². The monoisotopic (exact) mass is 265 g/mol. The van der Waals surface area contributed by atoms with E-state index in [1.54, 1.807) is 13.0 Å². The molecule has 0 bridgehead atoms. The second kappa shape index (κ2) is 6.36. The SMILES string of the molecule is CCOC(=O)CCCNC(=O)c1cc(C2CC2)[nH]n1. The van der Waals surface area contributed by atoms with Gasteiger partial charge in [-0.05, 0) is 32.3 Å². The van der Waals surface area contributed by atoms with Crippen molar-refractivity contribution < 1.29 is 14.3 Å². The van der Waals surface area contributed by atoms with Crippen molar-refractivity contribution in [2.75, 3.05) is 13.2 Å². The van der Waals surface area contributed by atoms with Gasteiger partial charge in [-0.2, -0.15) is 5.10 Å². The molecule has 1 aliphatic carbocycles. The third kappa shape index (κ3) is 4.08. The number of amides is 1. The molecular formula is C13H19N3O3. The highest BCUT2D eigenvalue weighted by Crippen LogP contribution is 2.38. The topological polar surface area (TPSA) is 84.1 Å². The van der Waals surface area contributed by atoms with Gasteiger partial charge in [0, 0.05) is 24.6 Å². The molecule has 1 heterocycles. The standard InChI is InChI=1S/C13H19N3O3/c1-2-19-12(17)4-3-7-14-13(18)11-8-10(15-16-11)9-5-6-9/h8-9H,2-7H2,1H3,(H,14,18)(H,15,16). The molecule has 1 aromatic rings. The lowest BCUT2D eigenvalue weighted by molar-refractivity contribution is -0.143. The number of nitrogens with zero attached hydrogens (tertiary/aromatic N) is 1. The number of aromatic amines is 1. The Bertz CT molecular complexity index is 452. The van der Waals surface area contributed by atoms with Crippen LogP contribution in [0.15, 0.2) is 6.07 Å². The molecule has 1 saturated carbocycles. The van der Waals surface area contributed by atoms with Crippen molar-refractivity contribution in [2.45, 2.75) is 38.5 Å². The quantitative estimate of drug-likeness (QED) is 0.576. The van der Waals surface area contributed by atoms with E-state index in [0.29, 0.717) is 37.6 Å². The first-order chi connectivity index (χ1) is 9.20. The molecule has 0 spiro atoms. The van der Waals surface area contributed by atoms with Crippen LogP contribution in [0, 0.1) is 0 Å². The lowest BCUT2D eigenvalue weighted by Gasteiger charge is -2.03. The van der Waals surface area contributed by atoms with Gasteiger partial charge in [-0.3, -0.25) is 14.7 Å². The van der Waals surface area contributed by atoms with Gasteiger partial charge in [0.05, 0.1) is 6.61 Å². The molecule has 0 atom stereocenters. The maximum atomic E-state index is 11.8. The lowest BCUT2D eigenvalue weighted by Crippen LogP contribution is -2.25. The van der Waals surface area contributed by atoms with E-state index in [4.69, 9.17) is 4.74 Å². The van der Waals surface area contributed by atoms with Gasteiger partial charge in [-0.1, -0.05) is 0 Å². The van der Waals surface area contributed by atoms with Crippen LogP contribution in [-0.2, 0) is 9.53 Å². The number of carbonyl (C=O) groups is 2. The summed E-state index contributed by atoms with van der Waals surface area (Å²) in [6, 6.07) is 1.80. The first-order valence-electron chi connectivity index (χ1n) is 6.69. The summed E-state index contributed by atoms with van der Waals surface area (Å²) in [6.07, 6.45) is 3.23. The molecule has 6 heteroatoms. The number of hydrogen-bond donors (Lipinski definition) is 2. The number of esters is 1. The molecule has 0 aromatic carbocycles. The smallest absolute Gasteiger partial charge is 0.305 e. The summed E-state index contributed by atoms with van der Waals surface area (Å²) in [5, 5.41) is 9.62. The first-order valence-corrected chi connectivity index (χ1v) is 6.69. The summed E-state index contributed by atoms with van der Waals surface area (Å²) in [5.41, 5.74) is 1.45. The predicted molar refractivity (Wildman–Crippen MR) is 68.8 cm³/mol. The fraction of sp³-hybridized carbons (Fsp3) is 0.615. The summed E-state index contributed by atoms with van der Waals surface area (Å²) < 4.78 is 4.80. The van der Waals surface area contributed by atoms with Crippen LogP contribution in [0.3, 0.4) is 0 Å². The zero-order valence-corrected chi connectivity index (χ0v) is 11.1. The van der Waals surface area contributed by atoms with Gasteiger partial charge in [0.2, 0.25) is 0 Å². The number of carbonyl (C=O) groups excluding carboxylic acids is 2. The van der Waals surface area contributed by atoms with Crippen molar-refractivity contribution in [1.82, 2.24) is 15.5 Å². The predicted octanol–water partition coefficient (Wildman–Crippen LogP) is 1.36. The van der Waals surface area contributed by atoms with E-state index in [-0.39, 0.29) is 11.9 Å². The van der Waals surface area contributed by atoms with Crippen LogP contribution in [0.5, 0.6) is 0 Å². The molecule has 0 radical (unpaired) electrons. The number of hydrogen-bond acceptors (Lipinski definition) is 4. The maximum absolute atomic E-state index is 11.8. The van der Waals surface area contributed by atoms with Crippen LogP contribution in [0.25, 0.3) is 0 Å². The third-order valence-electron chi connectivity index (χ3n) is 3.00. The van der Waals surface area contributed by atoms with Crippen molar-refractivity contribution in [3.8, 4) is 0 Å². The first kappa shape index (κ1) is 13.6. The third-order valence-corrected chi connectivity index (χ3v) is 3.00. The molecule has 2 N–H and O–H groups in total. The fourth-order valence-corrected chi connectivity index (χ4v) is 1.81. The van der Waals surface area contributed by atoms with Crippen LogP contribution < -0.4 is 5.32 Å².